The second-order valence-corrected chi connectivity index (χ2v) is 6.72. The van der Waals surface area contributed by atoms with E-state index in [-0.39, 0.29) is 18.0 Å². The SMILES string of the molecule is CC(C)NC(=O)N1Cc2nccn2CC(COCc2cccnc2)C1. The van der Waals surface area contributed by atoms with Gasteiger partial charge in [-0.05, 0) is 25.5 Å². The monoisotopic (exact) mass is 343 g/mol. The van der Waals surface area contributed by atoms with Crippen molar-refractivity contribution < 1.29 is 9.53 Å². The fourth-order valence-corrected chi connectivity index (χ4v) is 2.97. The Bertz CT molecular complexity index is 686. The lowest BCUT2D eigenvalue weighted by molar-refractivity contribution is 0.0716. The van der Waals surface area contributed by atoms with E-state index < -0.39 is 0 Å². The molecule has 2 aromatic rings. The van der Waals surface area contributed by atoms with Crippen molar-refractivity contribution in [1.29, 1.82) is 0 Å². The summed E-state index contributed by atoms with van der Waals surface area (Å²) in [5, 5.41) is 2.97. The molecule has 3 heterocycles. The van der Waals surface area contributed by atoms with E-state index in [1.165, 1.54) is 0 Å². The molecule has 7 nitrogen and oxygen atoms in total. The lowest BCUT2D eigenvalue weighted by Crippen LogP contribution is -2.44. The second-order valence-electron chi connectivity index (χ2n) is 6.72. The van der Waals surface area contributed by atoms with E-state index in [0.717, 1.165) is 17.9 Å². The molecule has 2 aromatic heterocycles. The number of rotatable bonds is 5. The molecule has 1 aliphatic heterocycles. The van der Waals surface area contributed by atoms with Crippen LogP contribution in [0.25, 0.3) is 0 Å². The first kappa shape index (κ1) is 17.4. The zero-order valence-corrected chi connectivity index (χ0v) is 14.8. The van der Waals surface area contributed by atoms with E-state index in [1.54, 1.807) is 12.4 Å². The Hall–Kier alpha value is -2.41. The minimum absolute atomic E-state index is 0.0521. The average molecular weight is 343 g/mol. The van der Waals surface area contributed by atoms with Crippen LogP contribution in [0, 0.1) is 5.92 Å². The number of carbonyl (C=O) groups excluding carboxylic acids is 1. The number of ether oxygens (including phenoxy) is 1. The maximum atomic E-state index is 12.5. The first-order valence-corrected chi connectivity index (χ1v) is 8.64. The number of carbonyl (C=O) groups is 1. The van der Waals surface area contributed by atoms with Crippen LogP contribution in [-0.2, 0) is 24.4 Å². The summed E-state index contributed by atoms with van der Waals surface area (Å²) in [6.07, 6.45) is 7.31. The molecule has 7 heteroatoms. The van der Waals surface area contributed by atoms with E-state index >= 15 is 0 Å². The van der Waals surface area contributed by atoms with Gasteiger partial charge >= 0.3 is 6.03 Å². The third-order valence-electron chi connectivity index (χ3n) is 4.11. The Morgan fingerprint density at radius 3 is 3.04 bits per heavy atom. The van der Waals surface area contributed by atoms with Crippen LogP contribution in [0.15, 0.2) is 36.9 Å². The molecule has 25 heavy (non-hydrogen) atoms. The fraction of sp³-hybridized carbons (Fsp3) is 0.500. The molecule has 0 saturated heterocycles. The van der Waals surface area contributed by atoms with Gasteiger partial charge in [0.15, 0.2) is 0 Å². The third kappa shape index (κ3) is 4.79. The minimum atomic E-state index is -0.0521. The Morgan fingerprint density at radius 2 is 2.28 bits per heavy atom. The summed E-state index contributed by atoms with van der Waals surface area (Å²) in [6, 6.07) is 3.95. The number of imidazole rings is 1. The van der Waals surface area contributed by atoms with Gasteiger partial charge in [0.1, 0.15) is 5.82 Å². The molecule has 1 N–H and O–H groups in total. The molecule has 0 aliphatic carbocycles. The summed E-state index contributed by atoms with van der Waals surface area (Å²) in [4.78, 5) is 22.8. The Kier molecular flexibility index (Phi) is 5.65. The Morgan fingerprint density at radius 1 is 1.40 bits per heavy atom. The normalized spacial score (nSPS) is 17.2. The quantitative estimate of drug-likeness (QED) is 0.902. The molecule has 0 radical (unpaired) electrons. The van der Waals surface area contributed by atoms with Gasteiger partial charge in [0.2, 0.25) is 0 Å². The van der Waals surface area contributed by atoms with Crippen LogP contribution >= 0.6 is 0 Å². The molecule has 0 saturated carbocycles. The van der Waals surface area contributed by atoms with Crippen molar-refractivity contribution in [2.75, 3.05) is 13.2 Å². The van der Waals surface area contributed by atoms with Crippen molar-refractivity contribution in [3.63, 3.8) is 0 Å². The predicted octanol–water partition coefficient (Wildman–Crippen LogP) is 2.04. The lowest BCUT2D eigenvalue weighted by Gasteiger charge is -2.25. The molecule has 0 bridgehead atoms. The largest absolute Gasteiger partial charge is 0.376 e. The summed E-state index contributed by atoms with van der Waals surface area (Å²) < 4.78 is 8.00. The highest BCUT2D eigenvalue weighted by atomic mass is 16.5. The number of nitrogens with zero attached hydrogens (tertiary/aromatic N) is 4. The van der Waals surface area contributed by atoms with E-state index in [2.05, 4.69) is 19.9 Å². The molecule has 1 aliphatic rings. The second kappa shape index (κ2) is 8.11. The van der Waals surface area contributed by atoms with E-state index in [0.29, 0.717) is 26.3 Å². The summed E-state index contributed by atoms with van der Waals surface area (Å²) in [5.41, 5.74) is 1.05. The Balaban J connectivity index is 1.63. The first-order chi connectivity index (χ1) is 12.1. The first-order valence-electron chi connectivity index (χ1n) is 8.64. The van der Waals surface area contributed by atoms with Crippen molar-refractivity contribution >= 4 is 6.03 Å². The summed E-state index contributed by atoms with van der Waals surface area (Å²) in [7, 11) is 0. The zero-order chi connectivity index (χ0) is 17.6. The van der Waals surface area contributed by atoms with E-state index in [1.807, 2.05) is 43.3 Å². The third-order valence-corrected chi connectivity index (χ3v) is 4.11. The summed E-state index contributed by atoms with van der Waals surface area (Å²) in [5.74, 6) is 1.12. The highest BCUT2D eigenvalue weighted by Gasteiger charge is 2.26. The van der Waals surface area contributed by atoms with Gasteiger partial charge in [-0.2, -0.15) is 0 Å². The smallest absolute Gasteiger partial charge is 0.318 e. The van der Waals surface area contributed by atoms with Crippen LogP contribution in [-0.4, -0.2) is 44.7 Å². The van der Waals surface area contributed by atoms with Crippen LogP contribution < -0.4 is 5.32 Å². The topological polar surface area (TPSA) is 72.3 Å². The van der Waals surface area contributed by atoms with Gasteiger partial charge in [-0.25, -0.2) is 9.78 Å². The number of nitrogens with one attached hydrogen (secondary N) is 1. The number of hydrogen-bond acceptors (Lipinski definition) is 4. The van der Waals surface area contributed by atoms with Gasteiger partial charge < -0.3 is 19.5 Å². The minimum Gasteiger partial charge on any atom is -0.376 e. The molecular weight excluding hydrogens is 318 g/mol. The highest BCUT2D eigenvalue weighted by Crippen LogP contribution is 2.16. The van der Waals surface area contributed by atoms with Crippen molar-refractivity contribution in [2.24, 2.45) is 5.92 Å². The zero-order valence-electron chi connectivity index (χ0n) is 14.8. The van der Waals surface area contributed by atoms with E-state index in [9.17, 15) is 4.79 Å². The molecular formula is C18H25N5O2. The van der Waals surface area contributed by atoms with Crippen LogP contribution in [0.3, 0.4) is 0 Å². The van der Waals surface area contributed by atoms with Crippen molar-refractivity contribution in [3.05, 3.63) is 48.3 Å². The summed E-state index contributed by atoms with van der Waals surface area (Å²) >= 11 is 0. The molecule has 0 fully saturated rings. The van der Waals surface area contributed by atoms with Crippen molar-refractivity contribution in [3.8, 4) is 0 Å². The number of aromatic nitrogens is 3. The van der Waals surface area contributed by atoms with Gasteiger partial charge in [-0.3, -0.25) is 4.98 Å². The number of pyridine rings is 1. The molecule has 0 aromatic carbocycles. The Labute approximate surface area is 148 Å². The van der Waals surface area contributed by atoms with Crippen molar-refractivity contribution in [1.82, 2.24) is 24.8 Å². The van der Waals surface area contributed by atoms with Gasteiger partial charge in [0.25, 0.3) is 0 Å². The number of amides is 2. The standard InChI is InChI=1S/C18H25N5O2/c1-14(2)21-18(24)23-10-16(9-22-7-6-20-17(22)11-23)13-25-12-15-4-3-5-19-8-15/h3-8,14,16H,9-13H2,1-2H3,(H,21,24). The number of urea groups is 1. The van der Waals surface area contributed by atoms with Gasteiger partial charge in [0, 0.05) is 49.8 Å². The molecule has 3 rings (SSSR count). The van der Waals surface area contributed by atoms with Crippen LogP contribution in [0.5, 0.6) is 0 Å². The fourth-order valence-electron chi connectivity index (χ4n) is 2.97. The molecule has 134 valence electrons. The van der Waals surface area contributed by atoms with Crippen molar-refractivity contribution in [2.45, 2.75) is 39.6 Å². The maximum absolute atomic E-state index is 12.5. The molecule has 0 spiro atoms. The van der Waals surface area contributed by atoms with Gasteiger partial charge in [-0.15, -0.1) is 0 Å². The van der Waals surface area contributed by atoms with E-state index in [4.69, 9.17) is 4.74 Å². The summed E-state index contributed by atoms with van der Waals surface area (Å²) in [6.45, 7) is 7.00. The van der Waals surface area contributed by atoms with Gasteiger partial charge in [0.05, 0.1) is 19.8 Å². The molecule has 2 amide bonds. The molecule has 1 unspecified atom stereocenters. The number of hydrogen-bond donors (Lipinski definition) is 1. The lowest BCUT2D eigenvalue weighted by atomic mass is 10.1. The van der Waals surface area contributed by atoms with Crippen LogP contribution in [0.2, 0.25) is 0 Å². The van der Waals surface area contributed by atoms with Crippen LogP contribution in [0.1, 0.15) is 25.2 Å². The maximum Gasteiger partial charge on any atom is 0.318 e. The highest BCUT2D eigenvalue weighted by molar-refractivity contribution is 5.74. The number of fused-ring (bicyclic) bond motifs is 1. The van der Waals surface area contributed by atoms with Gasteiger partial charge in [-0.1, -0.05) is 6.07 Å². The van der Waals surface area contributed by atoms with Crippen LogP contribution in [0.4, 0.5) is 4.79 Å². The predicted molar refractivity (Wildman–Crippen MR) is 93.7 cm³/mol. The average Bonchev–Trinajstić information content (AvgIpc) is 2.93. The molecule has 1 atom stereocenters.